The van der Waals surface area contributed by atoms with Crippen molar-refractivity contribution in [2.24, 2.45) is 0 Å². The van der Waals surface area contributed by atoms with E-state index >= 15 is 0 Å². The van der Waals surface area contributed by atoms with Crippen LogP contribution in [0.3, 0.4) is 0 Å². The van der Waals surface area contributed by atoms with E-state index < -0.39 is 0 Å². The summed E-state index contributed by atoms with van der Waals surface area (Å²) in [6.45, 7) is 0. The highest BCUT2D eigenvalue weighted by atomic mass is 15.2. The van der Waals surface area contributed by atoms with Crippen molar-refractivity contribution in [2.45, 2.75) is 0 Å². The average molecular weight is 639 g/mol. The molecule has 10 rings (SSSR count). The van der Waals surface area contributed by atoms with Crippen molar-refractivity contribution in [3.63, 3.8) is 0 Å². The highest BCUT2D eigenvalue weighted by molar-refractivity contribution is 6.19. The van der Waals surface area contributed by atoms with E-state index in [1.165, 1.54) is 43.8 Å². The molecule has 0 saturated carbocycles. The molecule has 0 N–H and O–H groups in total. The zero-order valence-electron chi connectivity index (χ0n) is 27.1. The lowest BCUT2D eigenvalue weighted by Gasteiger charge is -2.10. The van der Waals surface area contributed by atoms with Gasteiger partial charge in [-0.3, -0.25) is 4.57 Å². The monoisotopic (exact) mass is 638 g/mol. The Morgan fingerprint density at radius 3 is 1.60 bits per heavy atom. The molecule has 0 aliphatic heterocycles. The van der Waals surface area contributed by atoms with Gasteiger partial charge in [0.1, 0.15) is 0 Å². The molecule has 0 spiro atoms. The molecule has 234 valence electrons. The molecule has 0 saturated heterocycles. The number of hydrogen-bond acceptors (Lipinski definition) is 2. The summed E-state index contributed by atoms with van der Waals surface area (Å²) in [7, 11) is 0. The van der Waals surface area contributed by atoms with Gasteiger partial charge in [-0.15, -0.1) is 0 Å². The standard InChI is InChI=1S/C46H30N4/c1-3-12-31(13-4-1)32-22-24-33(25-23-32)34-14-11-15-35(28-34)41-26-27-47-46(48-41)50-43-21-10-8-19-38(43)40-29-39-37-18-7-9-20-42(37)49(44(39)30-45(40)50)36-16-5-2-6-17-36/h1-30H. The highest BCUT2D eigenvalue weighted by Gasteiger charge is 2.19. The Kier molecular flexibility index (Phi) is 6.46. The minimum absolute atomic E-state index is 0.646. The Morgan fingerprint density at radius 2 is 0.880 bits per heavy atom. The molecule has 50 heavy (non-hydrogen) atoms. The van der Waals surface area contributed by atoms with Gasteiger partial charge in [0.25, 0.3) is 0 Å². The van der Waals surface area contributed by atoms with Crippen LogP contribution in [0.5, 0.6) is 0 Å². The van der Waals surface area contributed by atoms with Crippen molar-refractivity contribution in [2.75, 3.05) is 0 Å². The van der Waals surface area contributed by atoms with Gasteiger partial charge in [-0.2, -0.15) is 0 Å². The third-order valence-electron chi connectivity index (χ3n) is 9.81. The second kappa shape index (κ2) is 11.4. The van der Waals surface area contributed by atoms with Gasteiger partial charge in [0.2, 0.25) is 5.95 Å². The third kappa shape index (κ3) is 4.54. The van der Waals surface area contributed by atoms with Crippen molar-refractivity contribution in [3.8, 4) is 45.1 Å². The summed E-state index contributed by atoms with van der Waals surface area (Å²) < 4.78 is 4.58. The SMILES string of the molecule is c1ccc(-c2ccc(-c3cccc(-c4ccnc(-n5c6ccccc6c6cc7c8ccccc8n(-c8ccccc8)c7cc65)n4)c3)cc2)cc1. The summed E-state index contributed by atoms with van der Waals surface area (Å²) in [5.41, 5.74) is 12.3. The van der Waals surface area contributed by atoms with Gasteiger partial charge in [-0.1, -0.05) is 127 Å². The van der Waals surface area contributed by atoms with Gasteiger partial charge < -0.3 is 4.57 Å². The van der Waals surface area contributed by atoms with E-state index in [4.69, 9.17) is 9.97 Å². The number of fused-ring (bicyclic) bond motifs is 6. The molecule has 0 unspecified atom stereocenters. The fourth-order valence-electron chi connectivity index (χ4n) is 7.46. The number of rotatable bonds is 5. The largest absolute Gasteiger partial charge is 0.309 e. The zero-order chi connectivity index (χ0) is 33.0. The van der Waals surface area contributed by atoms with Gasteiger partial charge >= 0.3 is 0 Å². The van der Waals surface area contributed by atoms with Crippen molar-refractivity contribution in [3.05, 3.63) is 182 Å². The molecule has 0 atom stereocenters. The van der Waals surface area contributed by atoms with Crippen molar-refractivity contribution >= 4 is 43.6 Å². The predicted octanol–water partition coefficient (Wildman–Crippen LogP) is 11.7. The molecule has 0 bridgehead atoms. The molecule has 0 aliphatic rings. The molecule has 0 aliphatic carbocycles. The number of aromatic nitrogens is 4. The van der Waals surface area contributed by atoms with Crippen LogP contribution < -0.4 is 0 Å². The smallest absolute Gasteiger partial charge is 0.235 e. The van der Waals surface area contributed by atoms with Crippen LogP contribution in [-0.4, -0.2) is 19.1 Å². The summed E-state index contributed by atoms with van der Waals surface area (Å²) in [6, 6.07) is 62.4. The Labute approximate surface area is 289 Å². The molecule has 4 nitrogen and oxygen atoms in total. The third-order valence-corrected chi connectivity index (χ3v) is 9.81. The van der Waals surface area contributed by atoms with Gasteiger partial charge in [0.05, 0.1) is 27.8 Å². The second-order valence-corrected chi connectivity index (χ2v) is 12.7. The van der Waals surface area contributed by atoms with Crippen LogP contribution in [0.1, 0.15) is 0 Å². The minimum Gasteiger partial charge on any atom is -0.309 e. The van der Waals surface area contributed by atoms with Gasteiger partial charge in [-0.05, 0) is 70.8 Å². The zero-order valence-corrected chi connectivity index (χ0v) is 27.1. The predicted molar refractivity (Wildman–Crippen MR) is 207 cm³/mol. The first-order chi connectivity index (χ1) is 24.8. The van der Waals surface area contributed by atoms with Crippen LogP contribution in [0, 0.1) is 0 Å². The van der Waals surface area contributed by atoms with E-state index in [0.717, 1.165) is 39.1 Å². The Hall–Kier alpha value is -6.78. The lowest BCUT2D eigenvalue weighted by molar-refractivity contribution is 0.992. The molecule has 7 aromatic carbocycles. The van der Waals surface area contributed by atoms with Crippen molar-refractivity contribution in [1.29, 1.82) is 0 Å². The number of nitrogens with zero attached hydrogens (tertiary/aromatic N) is 4. The summed E-state index contributed by atoms with van der Waals surface area (Å²) in [6.07, 6.45) is 1.87. The normalized spacial score (nSPS) is 11.6. The van der Waals surface area contributed by atoms with E-state index in [9.17, 15) is 0 Å². The van der Waals surface area contributed by atoms with Gasteiger partial charge in [-0.25, -0.2) is 9.97 Å². The van der Waals surface area contributed by atoms with Crippen LogP contribution in [0.4, 0.5) is 0 Å². The van der Waals surface area contributed by atoms with E-state index in [1.807, 2.05) is 18.3 Å². The van der Waals surface area contributed by atoms with Crippen LogP contribution >= 0.6 is 0 Å². The highest BCUT2D eigenvalue weighted by Crippen LogP contribution is 2.39. The van der Waals surface area contributed by atoms with Gasteiger partial charge in [0.15, 0.2) is 0 Å². The second-order valence-electron chi connectivity index (χ2n) is 12.7. The molecular weight excluding hydrogens is 609 g/mol. The van der Waals surface area contributed by atoms with E-state index in [-0.39, 0.29) is 0 Å². The summed E-state index contributed by atoms with van der Waals surface area (Å²) >= 11 is 0. The molecule has 10 aromatic rings. The number of benzene rings is 7. The Morgan fingerprint density at radius 1 is 0.340 bits per heavy atom. The van der Waals surface area contributed by atoms with E-state index in [0.29, 0.717) is 5.95 Å². The quantitative estimate of drug-likeness (QED) is 0.188. The number of para-hydroxylation sites is 3. The average Bonchev–Trinajstić information content (AvgIpc) is 3.70. The maximum Gasteiger partial charge on any atom is 0.235 e. The van der Waals surface area contributed by atoms with Crippen molar-refractivity contribution in [1.82, 2.24) is 19.1 Å². The van der Waals surface area contributed by atoms with E-state index in [2.05, 4.69) is 173 Å². The maximum atomic E-state index is 5.22. The van der Waals surface area contributed by atoms with Crippen LogP contribution in [-0.2, 0) is 0 Å². The lowest BCUT2D eigenvalue weighted by Crippen LogP contribution is -2.02. The fraction of sp³-hybridized carbons (Fsp3) is 0. The first-order valence-corrected chi connectivity index (χ1v) is 16.9. The Balaban J connectivity index is 1.13. The molecule has 4 heteroatoms. The number of hydrogen-bond donors (Lipinski definition) is 0. The Bertz CT molecular complexity index is 2850. The van der Waals surface area contributed by atoms with Gasteiger partial charge in [0, 0.05) is 39.0 Å². The minimum atomic E-state index is 0.646. The summed E-state index contributed by atoms with van der Waals surface area (Å²) in [4.78, 5) is 10.1. The fourth-order valence-corrected chi connectivity index (χ4v) is 7.46. The van der Waals surface area contributed by atoms with Crippen LogP contribution in [0.25, 0.3) is 88.8 Å². The molecule has 0 amide bonds. The molecule has 3 aromatic heterocycles. The summed E-state index contributed by atoms with van der Waals surface area (Å²) in [5.74, 6) is 0.646. The first kappa shape index (κ1) is 28.3. The van der Waals surface area contributed by atoms with E-state index in [1.54, 1.807) is 0 Å². The first-order valence-electron chi connectivity index (χ1n) is 16.9. The molecular formula is C46H30N4. The summed E-state index contributed by atoms with van der Waals surface area (Å²) in [5, 5.41) is 4.82. The maximum absolute atomic E-state index is 5.22. The van der Waals surface area contributed by atoms with Crippen LogP contribution in [0.15, 0.2) is 182 Å². The topological polar surface area (TPSA) is 35.6 Å². The van der Waals surface area contributed by atoms with Crippen molar-refractivity contribution < 1.29 is 0 Å². The molecule has 0 radical (unpaired) electrons. The molecule has 0 fully saturated rings. The van der Waals surface area contributed by atoms with Crippen LogP contribution in [0.2, 0.25) is 0 Å². The molecule has 3 heterocycles. The lowest BCUT2D eigenvalue weighted by atomic mass is 9.98.